The average molecular weight is 872 g/mol. The summed E-state index contributed by atoms with van der Waals surface area (Å²) in [6.07, 6.45) is 20.5. The van der Waals surface area contributed by atoms with Crippen molar-refractivity contribution in [1.29, 1.82) is 0 Å². The summed E-state index contributed by atoms with van der Waals surface area (Å²) in [5.74, 6) is -0.261. The van der Waals surface area contributed by atoms with E-state index in [1.165, 1.54) is 77.0 Å². The Morgan fingerprint density at radius 3 is 1.61 bits per heavy atom. The van der Waals surface area contributed by atoms with Crippen LogP contribution in [0.5, 0.6) is 0 Å². The molecule has 14 heteroatoms. The van der Waals surface area contributed by atoms with Crippen molar-refractivity contribution in [2.45, 2.75) is 235 Å². The van der Waals surface area contributed by atoms with Crippen molar-refractivity contribution < 1.29 is 64.6 Å². The van der Waals surface area contributed by atoms with Gasteiger partial charge in [0.2, 0.25) is 5.91 Å². The van der Waals surface area contributed by atoms with Crippen LogP contribution in [-0.4, -0.2) is 140 Å². The number of hydrogen-bond donors (Lipinski definition) is 9. The second-order valence-electron chi connectivity index (χ2n) is 16.9. The summed E-state index contributed by atoms with van der Waals surface area (Å²) in [4.78, 5) is 13.1. The summed E-state index contributed by atoms with van der Waals surface area (Å²) < 4.78 is 22.6. The van der Waals surface area contributed by atoms with E-state index in [0.717, 1.165) is 51.4 Å². The third-order valence-corrected chi connectivity index (χ3v) is 11.5. The van der Waals surface area contributed by atoms with Crippen LogP contribution in [0.3, 0.4) is 0 Å². The summed E-state index contributed by atoms with van der Waals surface area (Å²) in [5.41, 5.74) is 0. The highest BCUT2D eigenvalue weighted by molar-refractivity contribution is 5.76. The molecule has 12 unspecified atom stereocenters. The second-order valence-corrected chi connectivity index (χ2v) is 16.9. The molecule has 2 fully saturated rings. The van der Waals surface area contributed by atoms with E-state index in [9.17, 15) is 45.6 Å². The Kier molecular flexibility index (Phi) is 31.4. The van der Waals surface area contributed by atoms with E-state index in [1.54, 1.807) is 6.08 Å². The lowest BCUT2D eigenvalue weighted by Gasteiger charge is -2.46. The lowest BCUT2D eigenvalue weighted by molar-refractivity contribution is -0.359. The van der Waals surface area contributed by atoms with Gasteiger partial charge in [-0.05, 0) is 57.8 Å². The minimum absolute atomic E-state index is 0.261. The first-order chi connectivity index (χ1) is 29.6. The average Bonchev–Trinajstić information content (AvgIpc) is 3.26. The molecule has 0 aromatic carbocycles. The van der Waals surface area contributed by atoms with Crippen LogP contribution in [0.1, 0.15) is 162 Å². The van der Waals surface area contributed by atoms with Crippen LogP contribution in [0, 0.1) is 0 Å². The van der Waals surface area contributed by atoms with Crippen LogP contribution in [-0.2, 0) is 23.7 Å². The van der Waals surface area contributed by atoms with Gasteiger partial charge >= 0.3 is 0 Å². The van der Waals surface area contributed by atoms with Gasteiger partial charge in [-0.3, -0.25) is 4.79 Å². The second kappa shape index (κ2) is 34.6. The fraction of sp³-hybridized carbons (Fsp3) is 0.851. The van der Waals surface area contributed by atoms with Gasteiger partial charge in [-0.2, -0.15) is 0 Å². The van der Waals surface area contributed by atoms with Crippen molar-refractivity contribution in [2.75, 3.05) is 19.8 Å². The topological polar surface area (TPSA) is 228 Å². The lowest BCUT2D eigenvalue weighted by Crippen LogP contribution is -2.65. The highest BCUT2D eigenvalue weighted by Gasteiger charge is 2.50. The smallest absolute Gasteiger partial charge is 0.220 e. The number of aliphatic hydroxyl groups is 8. The molecule has 356 valence electrons. The minimum atomic E-state index is -1.79. The Labute approximate surface area is 366 Å². The fourth-order valence-electron chi connectivity index (χ4n) is 7.59. The fourth-order valence-corrected chi connectivity index (χ4v) is 7.59. The lowest BCUT2D eigenvalue weighted by atomic mass is 9.97. The molecule has 0 radical (unpaired) electrons. The van der Waals surface area contributed by atoms with Crippen molar-refractivity contribution in [3.63, 3.8) is 0 Å². The van der Waals surface area contributed by atoms with Crippen LogP contribution < -0.4 is 5.32 Å². The number of carbonyl (C=O) groups excluding carboxylic acids is 1. The first kappa shape index (κ1) is 55.3. The van der Waals surface area contributed by atoms with Gasteiger partial charge in [0.15, 0.2) is 12.6 Å². The van der Waals surface area contributed by atoms with E-state index in [0.29, 0.717) is 12.8 Å². The number of unbranched alkanes of at least 4 members (excludes halogenated alkanes) is 18. The van der Waals surface area contributed by atoms with Gasteiger partial charge in [0.25, 0.3) is 0 Å². The zero-order valence-electron chi connectivity index (χ0n) is 37.4. The number of nitrogens with one attached hydrogen (secondary N) is 1. The standard InChI is InChI=1S/C47H85NO13/c1-3-5-7-9-11-13-15-16-17-18-19-21-23-25-27-29-31-39(52)48-35(36(51)30-28-26-24-22-20-14-12-10-8-6-4-2)34-58-46-44(57)42(55)45(38(33-50)60-46)61-47-43(56)41(54)40(53)37(32-49)59-47/h17-18,20,22,28,30,35-38,40-47,49-51,53-57H,3-16,19,21,23-27,29,31-34H2,1-2H3,(H,48,52)/b18-17-,22-20+,30-28+. The normalized spacial score (nSPS) is 28.3. The maximum atomic E-state index is 13.1. The van der Waals surface area contributed by atoms with Gasteiger partial charge in [-0.15, -0.1) is 0 Å². The van der Waals surface area contributed by atoms with E-state index < -0.39 is 86.8 Å². The Hall–Kier alpha value is -1.79. The van der Waals surface area contributed by atoms with Crippen molar-refractivity contribution in [3.05, 3.63) is 36.5 Å². The van der Waals surface area contributed by atoms with Gasteiger partial charge in [0.05, 0.1) is 32.0 Å². The van der Waals surface area contributed by atoms with Crippen LogP contribution in [0.2, 0.25) is 0 Å². The first-order valence-corrected chi connectivity index (χ1v) is 23.7. The third-order valence-electron chi connectivity index (χ3n) is 11.5. The highest BCUT2D eigenvalue weighted by atomic mass is 16.7. The van der Waals surface area contributed by atoms with Crippen LogP contribution in [0.15, 0.2) is 36.5 Å². The number of allylic oxidation sites excluding steroid dienone is 5. The molecule has 0 aliphatic carbocycles. The summed E-state index contributed by atoms with van der Waals surface area (Å²) in [7, 11) is 0. The molecule has 2 saturated heterocycles. The molecule has 2 aliphatic heterocycles. The largest absolute Gasteiger partial charge is 0.394 e. The van der Waals surface area contributed by atoms with E-state index in [1.807, 2.05) is 6.08 Å². The number of hydrogen-bond acceptors (Lipinski definition) is 13. The van der Waals surface area contributed by atoms with E-state index in [-0.39, 0.29) is 18.9 Å². The predicted molar refractivity (Wildman–Crippen MR) is 235 cm³/mol. The molecule has 0 aromatic heterocycles. The van der Waals surface area contributed by atoms with Crippen molar-refractivity contribution >= 4 is 5.91 Å². The van der Waals surface area contributed by atoms with Gasteiger partial charge in [0.1, 0.15) is 48.8 Å². The molecule has 0 bridgehead atoms. The summed E-state index contributed by atoms with van der Waals surface area (Å²) in [5, 5.41) is 86.4. The molecular formula is C47H85NO13. The Morgan fingerprint density at radius 2 is 1.05 bits per heavy atom. The Morgan fingerprint density at radius 1 is 0.574 bits per heavy atom. The number of amides is 1. The van der Waals surface area contributed by atoms with E-state index in [4.69, 9.17) is 18.9 Å². The Bertz CT molecular complexity index is 1170. The van der Waals surface area contributed by atoms with E-state index in [2.05, 4.69) is 43.5 Å². The molecule has 0 aromatic rings. The molecule has 2 aliphatic rings. The van der Waals surface area contributed by atoms with Crippen LogP contribution >= 0.6 is 0 Å². The molecule has 61 heavy (non-hydrogen) atoms. The summed E-state index contributed by atoms with van der Waals surface area (Å²) in [6, 6.07) is -0.932. The number of rotatable bonds is 35. The van der Waals surface area contributed by atoms with Crippen molar-refractivity contribution in [3.8, 4) is 0 Å². The molecule has 0 saturated carbocycles. The SMILES string of the molecule is CCCCCCC/C=C/CC/C=C/C(O)C(COC1OC(CO)C(OC2OC(CO)C(O)C(O)C2O)C(O)C1O)NC(=O)CCCCCCC/C=C\CCCCCCCCC. The van der Waals surface area contributed by atoms with Crippen molar-refractivity contribution in [1.82, 2.24) is 5.32 Å². The van der Waals surface area contributed by atoms with Gasteiger partial charge < -0.3 is 65.1 Å². The zero-order valence-corrected chi connectivity index (χ0v) is 37.4. The molecule has 2 rings (SSSR count). The number of carbonyl (C=O) groups is 1. The Balaban J connectivity index is 1.89. The van der Waals surface area contributed by atoms with Crippen molar-refractivity contribution in [2.24, 2.45) is 0 Å². The molecule has 9 N–H and O–H groups in total. The summed E-state index contributed by atoms with van der Waals surface area (Å²) in [6.45, 7) is 2.71. The molecule has 14 nitrogen and oxygen atoms in total. The maximum absolute atomic E-state index is 13.1. The monoisotopic (exact) mass is 872 g/mol. The molecule has 12 atom stereocenters. The molecule has 2 heterocycles. The van der Waals surface area contributed by atoms with Gasteiger partial charge in [-0.1, -0.05) is 134 Å². The van der Waals surface area contributed by atoms with Gasteiger partial charge in [-0.25, -0.2) is 0 Å². The number of aliphatic hydroxyl groups excluding tert-OH is 8. The first-order valence-electron chi connectivity index (χ1n) is 23.7. The highest BCUT2D eigenvalue weighted by Crippen LogP contribution is 2.30. The molecule has 0 spiro atoms. The van der Waals surface area contributed by atoms with Crippen LogP contribution in [0.25, 0.3) is 0 Å². The minimum Gasteiger partial charge on any atom is -0.394 e. The zero-order chi connectivity index (χ0) is 44.7. The molecular weight excluding hydrogens is 787 g/mol. The quantitative estimate of drug-likeness (QED) is 0.0297. The van der Waals surface area contributed by atoms with E-state index >= 15 is 0 Å². The maximum Gasteiger partial charge on any atom is 0.220 e. The third kappa shape index (κ3) is 22.6. The van der Waals surface area contributed by atoms with Crippen LogP contribution in [0.4, 0.5) is 0 Å². The number of ether oxygens (including phenoxy) is 4. The molecule has 1 amide bonds. The summed E-state index contributed by atoms with van der Waals surface area (Å²) >= 11 is 0. The predicted octanol–water partition coefficient (Wildman–Crippen LogP) is 5.15. The van der Waals surface area contributed by atoms with Gasteiger partial charge in [0, 0.05) is 6.42 Å².